The van der Waals surface area contributed by atoms with Crippen LogP contribution in [-0.2, 0) is 11.3 Å². The maximum atomic E-state index is 12.1. The Labute approximate surface area is 149 Å². The van der Waals surface area contributed by atoms with Crippen LogP contribution in [0, 0.1) is 11.3 Å². The number of nitriles is 1. The highest BCUT2D eigenvalue weighted by molar-refractivity contribution is 6.33. The van der Waals surface area contributed by atoms with Gasteiger partial charge in [0.2, 0.25) is 0 Å². The lowest BCUT2D eigenvalue weighted by Gasteiger charge is -2.01. The van der Waals surface area contributed by atoms with Crippen LogP contribution in [0.4, 0.5) is 0 Å². The number of nitrogens with one attached hydrogen (secondary N) is 1. The Balaban J connectivity index is 1.75. The summed E-state index contributed by atoms with van der Waals surface area (Å²) in [5.41, 5.74) is 0.677. The standard InChI is InChI=1S/C19H13ClN2O3/c20-17-6-2-1-5-16(17)18-8-7-14(25-18)10-13(11-21)19(23)22-12-15-4-3-9-24-15/h1-10H,12H2,(H,22,23)/b13-10-. The van der Waals surface area contributed by atoms with Crippen LogP contribution in [0.1, 0.15) is 11.5 Å². The molecule has 0 aliphatic carbocycles. The van der Waals surface area contributed by atoms with Crippen LogP contribution in [0.2, 0.25) is 5.02 Å². The fourth-order valence-corrected chi connectivity index (χ4v) is 2.43. The van der Waals surface area contributed by atoms with Crippen LogP contribution in [0.5, 0.6) is 0 Å². The van der Waals surface area contributed by atoms with E-state index in [4.69, 9.17) is 20.4 Å². The molecule has 25 heavy (non-hydrogen) atoms. The van der Waals surface area contributed by atoms with Gasteiger partial charge in [-0.1, -0.05) is 23.7 Å². The van der Waals surface area contributed by atoms with Gasteiger partial charge in [-0.05, 0) is 36.4 Å². The van der Waals surface area contributed by atoms with Gasteiger partial charge in [0.1, 0.15) is 28.9 Å². The van der Waals surface area contributed by atoms with E-state index in [-0.39, 0.29) is 12.1 Å². The lowest BCUT2D eigenvalue weighted by Crippen LogP contribution is -2.23. The number of rotatable bonds is 5. The largest absolute Gasteiger partial charge is 0.467 e. The molecule has 0 radical (unpaired) electrons. The number of amides is 1. The smallest absolute Gasteiger partial charge is 0.262 e. The van der Waals surface area contributed by atoms with Crippen molar-refractivity contribution in [1.82, 2.24) is 5.32 Å². The molecule has 1 N–H and O–H groups in total. The molecular formula is C19H13ClN2O3. The molecule has 124 valence electrons. The Morgan fingerprint density at radius 1 is 1.20 bits per heavy atom. The highest BCUT2D eigenvalue weighted by Gasteiger charge is 2.12. The van der Waals surface area contributed by atoms with Crippen molar-refractivity contribution in [2.75, 3.05) is 0 Å². The Bertz CT molecular complexity index is 949. The molecule has 1 aromatic carbocycles. The fraction of sp³-hybridized carbons (Fsp3) is 0.0526. The summed E-state index contributed by atoms with van der Waals surface area (Å²) in [4.78, 5) is 12.1. The molecule has 0 unspecified atom stereocenters. The normalized spacial score (nSPS) is 11.1. The molecule has 3 rings (SSSR count). The molecule has 0 saturated carbocycles. The van der Waals surface area contributed by atoms with Crippen LogP contribution >= 0.6 is 11.6 Å². The van der Waals surface area contributed by atoms with Crippen molar-refractivity contribution in [3.05, 3.63) is 76.9 Å². The van der Waals surface area contributed by atoms with Crippen molar-refractivity contribution in [3.8, 4) is 17.4 Å². The zero-order chi connectivity index (χ0) is 17.6. The number of nitrogens with zero attached hydrogens (tertiary/aromatic N) is 1. The molecule has 1 amide bonds. The number of benzene rings is 1. The summed E-state index contributed by atoms with van der Waals surface area (Å²) in [5.74, 6) is 1.05. The van der Waals surface area contributed by atoms with Gasteiger partial charge in [0.15, 0.2) is 0 Å². The molecule has 2 heterocycles. The second-order valence-electron chi connectivity index (χ2n) is 5.11. The molecule has 0 saturated heterocycles. The van der Waals surface area contributed by atoms with Crippen LogP contribution < -0.4 is 5.32 Å². The van der Waals surface area contributed by atoms with E-state index in [2.05, 4.69) is 5.32 Å². The van der Waals surface area contributed by atoms with Gasteiger partial charge in [0.05, 0.1) is 17.8 Å². The first kappa shape index (κ1) is 16.6. The Kier molecular flexibility index (Phi) is 5.03. The summed E-state index contributed by atoms with van der Waals surface area (Å²) in [6.45, 7) is 0.202. The zero-order valence-corrected chi connectivity index (χ0v) is 13.8. The topological polar surface area (TPSA) is 79.2 Å². The third-order valence-electron chi connectivity index (χ3n) is 3.42. The third kappa shape index (κ3) is 4.00. The predicted octanol–water partition coefficient (Wildman–Crippen LogP) is 4.42. The first-order chi connectivity index (χ1) is 12.2. The van der Waals surface area contributed by atoms with Crippen molar-refractivity contribution in [3.63, 3.8) is 0 Å². The first-order valence-corrected chi connectivity index (χ1v) is 7.82. The Morgan fingerprint density at radius 3 is 2.76 bits per heavy atom. The first-order valence-electron chi connectivity index (χ1n) is 7.44. The summed E-state index contributed by atoms with van der Waals surface area (Å²) < 4.78 is 10.8. The highest BCUT2D eigenvalue weighted by Crippen LogP contribution is 2.29. The number of hydrogen-bond donors (Lipinski definition) is 1. The van der Waals surface area contributed by atoms with Gasteiger partial charge in [0.25, 0.3) is 5.91 Å². The van der Waals surface area contributed by atoms with Crippen LogP contribution in [0.25, 0.3) is 17.4 Å². The molecule has 0 aliphatic heterocycles. The number of halogens is 1. The van der Waals surface area contributed by atoms with E-state index in [0.717, 1.165) is 5.56 Å². The molecule has 5 nitrogen and oxygen atoms in total. The number of carbonyl (C=O) groups is 1. The molecule has 0 fully saturated rings. The van der Waals surface area contributed by atoms with Crippen molar-refractivity contribution >= 4 is 23.6 Å². The molecule has 2 aromatic heterocycles. The Morgan fingerprint density at radius 2 is 2.04 bits per heavy atom. The SMILES string of the molecule is N#C/C(=C/c1ccc(-c2ccccc2Cl)o1)C(=O)NCc1ccco1. The maximum Gasteiger partial charge on any atom is 0.262 e. The predicted molar refractivity (Wildman–Crippen MR) is 93.3 cm³/mol. The van der Waals surface area contributed by atoms with Gasteiger partial charge >= 0.3 is 0 Å². The fourth-order valence-electron chi connectivity index (χ4n) is 2.20. The molecule has 0 aliphatic rings. The van der Waals surface area contributed by atoms with Crippen molar-refractivity contribution in [1.29, 1.82) is 5.26 Å². The third-order valence-corrected chi connectivity index (χ3v) is 3.75. The average molecular weight is 353 g/mol. The maximum absolute atomic E-state index is 12.1. The minimum absolute atomic E-state index is 0.0633. The molecule has 3 aromatic rings. The van der Waals surface area contributed by atoms with Gasteiger partial charge in [-0.2, -0.15) is 5.26 Å². The molecule has 6 heteroatoms. The summed E-state index contributed by atoms with van der Waals surface area (Å²) in [5, 5.41) is 12.4. The van der Waals surface area contributed by atoms with Crippen LogP contribution in [0.3, 0.4) is 0 Å². The zero-order valence-electron chi connectivity index (χ0n) is 13.0. The van der Waals surface area contributed by atoms with Gasteiger partial charge in [0, 0.05) is 11.6 Å². The van der Waals surface area contributed by atoms with E-state index in [1.165, 1.54) is 12.3 Å². The van der Waals surface area contributed by atoms with Crippen molar-refractivity contribution in [2.24, 2.45) is 0 Å². The number of furan rings is 2. The molecular weight excluding hydrogens is 340 g/mol. The summed E-state index contributed by atoms with van der Waals surface area (Å²) in [6.07, 6.45) is 2.90. The van der Waals surface area contributed by atoms with Gasteiger partial charge < -0.3 is 14.2 Å². The van der Waals surface area contributed by atoms with E-state index in [0.29, 0.717) is 22.3 Å². The highest BCUT2D eigenvalue weighted by atomic mass is 35.5. The number of hydrogen-bond acceptors (Lipinski definition) is 4. The minimum Gasteiger partial charge on any atom is -0.467 e. The summed E-state index contributed by atoms with van der Waals surface area (Å²) >= 11 is 6.14. The van der Waals surface area contributed by atoms with E-state index in [1.807, 2.05) is 24.3 Å². The monoisotopic (exact) mass is 352 g/mol. The van der Waals surface area contributed by atoms with Gasteiger partial charge in [-0.3, -0.25) is 4.79 Å². The minimum atomic E-state index is -0.505. The van der Waals surface area contributed by atoms with Gasteiger partial charge in [-0.15, -0.1) is 0 Å². The van der Waals surface area contributed by atoms with E-state index in [1.54, 1.807) is 30.3 Å². The van der Waals surface area contributed by atoms with Gasteiger partial charge in [-0.25, -0.2) is 0 Å². The Hall–Kier alpha value is -3.23. The summed E-state index contributed by atoms with van der Waals surface area (Å²) in [7, 11) is 0. The molecule has 0 bridgehead atoms. The van der Waals surface area contributed by atoms with Crippen molar-refractivity contribution < 1.29 is 13.6 Å². The second kappa shape index (κ2) is 7.56. The second-order valence-corrected chi connectivity index (χ2v) is 5.52. The lowest BCUT2D eigenvalue weighted by atomic mass is 10.2. The van der Waals surface area contributed by atoms with E-state index >= 15 is 0 Å². The van der Waals surface area contributed by atoms with E-state index < -0.39 is 5.91 Å². The number of carbonyl (C=O) groups excluding carboxylic acids is 1. The van der Waals surface area contributed by atoms with Crippen LogP contribution in [0.15, 0.2) is 69.2 Å². The molecule has 0 spiro atoms. The van der Waals surface area contributed by atoms with Crippen molar-refractivity contribution in [2.45, 2.75) is 6.54 Å². The van der Waals surface area contributed by atoms with E-state index in [9.17, 15) is 10.1 Å². The molecule has 0 atom stereocenters. The average Bonchev–Trinajstić information content (AvgIpc) is 3.30. The van der Waals surface area contributed by atoms with Crippen LogP contribution in [-0.4, -0.2) is 5.91 Å². The quantitative estimate of drug-likeness (QED) is 0.544. The summed E-state index contributed by atoms with van der Waals surface area (Å²) in [6, 6.07) is 16.0. The lowest BCUT2D eigenvalue weighted by molar-refractivity contribution is -0.117.